The van der Waals surface area contributed by atoms with E-state index in [0.717, 1.165) is 22.4 Å². The second-order valence-corrected chi connectivity index (χ2v) is 5.32. The number of benzene rings is 2. The van der Waals surface area contributed by atoms with Crippen molar-refractivity contribution in [2.45, 2.75) is 25.9 Å². The van der Waals surface area contributed by atoms with Gasteiger partial charge in [-0.05, 0) is 23.1 Å². The van der Waals surface area contributed by atoms with Crippen LogP contribution in [-0.2, 0) is 33.8 Å². The summed E-state index contributed by atoms with van der Waals surface area (Å²) in [5.74, 6) is -0.297. The van der Waals surface area contributed by atoms with E-state index in [1.54, 1.807) is 0 Å². The Bertz CT molecular complexity index is 695. The standard InChI is InChI=1S/C18H17NO3/c20-16-10-9-14-7-4-8-15(18(14)19-16)11-17(21)22-12-13-5-2-1-3-6-13/h1-8H,9-12H2,(H,19,20). The highest BCUT2D eigenvalue weighted by molar-refractivity contribution is 5.95. The van der Waals surface area contributed by atoms with Crippen molar-refractivity contribution in [3.8, 4) is 0 Å². The van der Waals surface area contributed by atoms with Crippen LogP contribution in [-0.4, -0.2) is 11.9 Å². The van der Waals surface area contributed by atoms with Crippen molar-refractivity contribution in [1.82, 2.24) is 0 Å². The quantitative estimate of drug-likeness (QED) is 0.882. The Morgan fingerprint density at radius 3 is 2.68 bits per heavy atom. The predicted molar refractivity (Wildman–Crippen MR) is 83.3 cm³/mol. The minimum absolute atomic E-state index is 0.00222. The Labute approximate surface area is 129 Å². The number of hydrogen-bond acceptors (Lipinski definition) is 3. The molecule has 22 heavy (non-hydrogen) atoms. The normalized spacial score (nSPS) is 13.2. The molecular formula is C18H17NO3. The molecular weight excluding hydrogens is 278 g/mol. The maximum absolute atomic E-state index is 12.0. The highest BCUT2D eigenvalue weighted by atomic mass is 16.5. The Morgan fingerprint density at radius 2 is 1.86 bits per heavy atom. The van der Waals surface area contributed by atoms with Gasteiger partial charge in [0.25, 0.3) is 0 Å². The summed E-state index contributed by atoms with van der Waals surface area (Å²) < 4.78 is 5.30. The monoisotopic (exact) mass is 295 g/mol. The van der Waals surface area contributed by atoms with Crippen molar-refractivity contribution in [2.24, 2.45) is 0 Å². The predicted octanol–water partition coefficient (Wildman–Crippen LogP) is 2.86. The number of ether oxygens (including phenoxy) is 1. The Kier molecular flexibility index (Phi) is 4.19. The molecule has 0 aliphatic carbocycles. The average Bonchev–Trinajstić information content (AvgIpc) is 2.54. The van der Waals surface area contributed by atoms with Crippen LogP contribution < -0.4 is 5.32 Å². The lowest BCUT2D eigenvalue weighted by atomic mass is 9.97. The number of anilines is 1. The van der Waals surface area contributed by atoms with Crippen LogP contribution in [0.25, 0.3) is 0 Å². The summed E-state index contributed by atoms with van der Waals surface area (Å²) in [7, 11) is 0. The van der Waals surface area contributed by atoms with Gasteiger partial charge in [0.2, 0.25) is 5.91 Å². The van der Waals surface area contributed by atoms with Crippen LogP contribution >= 0.6 is 0 Å². The van der Waals surface area contributed by atoms with Gasteiger partial charge in [0, 0.05) is 12.1 Å². The van der Waals surface area contributed by atoms with Gasteiger partial charge in [0.05, 0.1) is 6.42 Å². The molecule has 0 unspecified atom stereocenters. The van der Waals surface area contributed by atoms with Crippen molar-refractivity contribution in [2.75, 3.05) is 5.32 Å². The fraction of sp³-hybridized carbons (Fsp3) is 0.222. The Morgan fingerprint density at radius 1 is 1.05 bits per heavy atom. The largest absolute Gasteiger partial charge is 0.461 e. The number of rotatable bonds is 4. The molecule has 0 fully saturated rings. The highest BCUT2D eigenvalue weighted by Gasteiger charge is 2.19. The van der Waals surface area contributed by atoms with Crippen LogP contribution in [0.3, 0.4) is 0 Å². The lowest BCUT2D eigenvalue weighted by molar-refractivity contribution is -0.144. The van der Waals surface area contributed by atoms with Gasteiger partial charge in [-0.2, -0.15) is 0 Å². The third kappa shape index (κ3) is 3.34. The molecule has 0 saturated carbocycles. The topological polar surface area (TPSA) is 55.4 Å². The fourth-order valence-electron chi connectivity index (χ4n) is 2.56. The van der Waals surface area contributed by atoms with E-state index < -0.39 is 0 Å². The number of amides is 1. The Hall–Kier alpha value is -2.62. The number of carbonyl (C=O) groups is 2. The van der Waals surface area contributed by atoms with E-state index in [-0.39, 0.29) is 24.9 Å². The number of hydrogen-bond donors (Lipinski definition) is 1. The van der Waals surface area contributed by atoms with Gasteiger partial charge in [-0.15, -0.1) is 0 Å². The van der Waals surface area contributed by atoms with E-state index in [0.29, 0.717) is 12.8 Å². The molecule has 0 spiro atoms. The molecule has 2 aromatic carbocycles. The molecule has 0 bridgehead atoms. The maximum atomic E-state index is 12.0. The number of esters is 1. The van der Waals surface area contributed by atoms with Crippen molar-refractivity contribution in [1.29, 1.82) is 0 Å². The lowest BCUT2D eigenvalue weighted by Gasteiger charge is -2.19. The SMILES string of the molecule is O=C1CCc2cccc(CC(=O)OCc3ccccc3)c2N1. The molecule has 0 saturated heterocycles. The molecule has 1 aliphatic heterocycles. The summed E-state index contributed by atoms with van der Waals surface area (Å²) in [4.78, 5) is 23.6. The molecule has 1 aliphatic rings. The van der Waals surface area contributed by atoms with Crippen molar-refractivity contribution in [3.63, 3.8) is 0 Å². The fourth-order valence-corrected chi connectivity index (χ4v) is 2.56. The van der Waals surface area contributed by atoms with Crippen LogP contribution in [0.1, 0.15) is 23.1 Å². The minimum atomic E-state index is -0.294. The summed E-state index contributed by atoms with van der Waals surface area (Å²) in [5.41, 5.74) is 3.62. The molecule has 0 radical (unpaired) electrons. The summed E-state index contributed by atoms with van der Waals surface area (Å²) >= 11 is 0. The van der Waals surface area contributed by atoms with Crippen LogP contribution in [0.15, 0.2) is 48.5 Å². The first-order valence-electron chi connectivity index (χ1n) is 7.32. The summed E-state index contributed by atoms with van der Waals surface area (Å²) in [6, 6.07) is 15.3. The molecule has 2 aromatic rings. The first-order chi connectivity index (χ1) is 10.7. The van der Waals surface area contributed by atoms with E-state index in [9.17, 15) is 9.59 Å². The zero-order valence-corrected chi connectivity index (χ0v) is 12.2. The number of fused-ring (bicyclic) bond motifs is 1. The molecule has 3 rings (SSSR count). The Balaban J connectivity index is 1.66. The van der Waals surface area contributed by atoms with Crippen molar-refractivity contribution >= 4 is 17.6 Å². The third-order valence-electron chi connectivity index (χ3n) is 3.70. The molecule has 0 atom stereocenters. The molecule has 4 heteroatoms. The van der Waals surface area contributed by atoms with E-state index in [4.69, 9.17) is 4.74 Å². The molecule has 1 heterocycles. The van der Waals surface area contributed by atoms with E-state index >= 15 is 0 Å². The first-order valence-corrected chi connectivity index (χ1v) is 7.32. The summed E-state index contributed by atoms with van der Waals surface area (Å²) in [6.07, 6.45) is 1.37. The van der Waals surface area contributed by atoms with Crippen LogP contribution in [0.2, 0.25) is 0 Å². The summed E-state index contributed by atoms with van der Waals surface area (Å²) in [6.45, 7) is 0.265. The molecule has 4 nitrogen and oxygen atoms in total. The van der Waals surface area contributed by atoms with Gasteiger partial charge in [0.1, 0.15) is 6.61 Å². The van der Waals surface area contributed by atoms with E-state index in [1.165, 1.54) is 0 Å². The second kappa shape index (κ2) is 6.43. The molecule has 112 valence electrons. The summed E-state index contributed by atoms with van der Waals surface area (Å²) in [5, 5.41) is 2.86. The van der Waals surface area contributed by atoms with Gasteiger partial charge in [-0.1, -0.05) is 48.5 Å². The van der Waals surface area contributed by atoms with Gasteiger partial charge < -0.3 is 10.1 Å². The zero-order valence-electron chi connectivity index (χ0n) is 12.2. The average molecular weight is 295 g/mol. The number of carbonyl (C=O) groups excluding carboxylic acids is 2. The molecule has 1 amide bonds. The lowest BCUT2D eigenvalue weighted by Crippen LogP contribution is -2.21. The number of nitrogens with one attached hydrogen (secondary N) is 1. The van der Waals surface area contributed by atoms with Crippen molar-refractivity contribution in [3.05, 3.63) is 65.2 Å². The molecule has 0 aromatic heterocycles. The van der Waals surface area contributed by atoms with Crippen LogP contribution in [0, 0.1) is 0 Å². The first kappa shape index (κ1) is 14.3. The minimum Gasteiger partial charge on any atom is -0.461 e. The van der Waals surface area contributed by atoms with Crippen LogP contribution in [0.4, 0.5) is 5.69 Å². The van der Waals surface area contributed by atoms with Gasteiger partial charge in [-0.25, -0.2) is 0 Å². The zero-order chi connectivity index (χ0) is 15.4. The van der Waals surface area contributed by atoms with Crippen molar-refractivity contribution < 1.29 is 14.3 Å². The molecule has 1 N–H and O–H groups in total. The number of aryl methyl sites for hydroxylation is 1. The van der Waals surface area contributed by atoms with Gasteiger partial charge >= 0.3 is 5.97 Å². The van der Waals surface area contributed by atoms with E-state index in [2.05, 4.69) is 5.32 Å². The highest BCUT2D eigenvalue weighted by Crippen LogP contribution is 2.27. The van der Waals surface area contributed by atoms with Crippen LogP contribution in [0.5, 0.6) is 0 Å². The van der Waals surface area contributed by atoms with E-state index in [1.807, 2.05) is 48.5 Å². The van der Waals surface area contributed by atoms with Gasteiger partial charge in [-0.3, -0.25) is 9.59 Å². The third-order valence-corrected chi connectivity index (χ3v) is 3.70. The number of para-hydroxylation sites is 1. The van der Waals surface area contributed by atoms with Gasteiger partial charge in [0.15, 0.2) is 0 Å². The smallest absolute Gasteiger partial charge is 0.310 e. The second-order valence-electron chi connectivity index (χ2n) is 5.32. The maximum Gasteiger partial charge on any atom is 0.310 e.